The Balaban J connectivity index is 4.78. The Morgan fingerprint density at radius 1 is 0.652 bits per heavy atom. The molecule has 0 spiro atoms. The first-order chi connectivity index (χ1) is 9.85. The van der Waals surface area contributed by atoms with Crippen LogP contribution in [0.4, 0.5) is 39.5 Å². The maximum Gasteiger partial charge on any atom is 0.426 e. The molecule has 1 unspecified atom stereocenters. The van der Waals surface area contributed by atoms with Crippen molar-refractivity contribution >= 4 is 0 Å². The summed E-state index contributed by atoms with van der Waals surface area (Å²) in [6.45, 7) is 0.508. The average Bonchev–Trinajstić information content (AvgIpc) is 2.29. The Bertz CT molecular complexity index is 367. The molecule has 0 amide bonds. The van der Waals surface area contributed by atoms with Gasteiger partial charge in [-0.25, -0.2) is 0 Å². The van der Waals surface area contributed by atoms with Gasteiger partial charge >= 0.3 is 18.5 Å². The predicted molar refractivity (Wildman–Crippen MR) is 61.7 cm³/mol. The van der Waals surface area contributed by atoms with Crippen LogP contribution in [0.5, 0.6) is 0 Å². The maximum absolute atomic E-state index is 12.6. The van der Waals surface area contributed by atoms with Gasteiger partial charge in [-0.3, -0.25) is 0 Å². The number of rotatable bonds is 6. The minimum atomic E-state index is -5.73. The van der Waals surface area contributed by atoms with E-state index in [9.17, 15) is 39.5 Å². The van der Waals surface area contributed by atoms with Crippen molar-refractivity contribution in [2.45, 2.75) is 57.4 Å². The summed E-state index contributed by atoms with van der Waals surface area (Å²) in [5.41, 5.74) is -6.99. The fourth-order valence-corrected chi connectivity index (χ4v) is 1.11. The summed E-state index contributed by atoms with van der Waals surface area (Å²) in [6, 6.07) is 0. The number of hydrogen-bond acceptors (Lipinski definition) is 2. The maximum atomic E-state index is 12.6. The second-order valence-electron chi connectivity index (χ2n) is 5.76. The van der Waals surface area contributed by atoms with Gasteiger partial charge in [-0.05, 0) is 20.8 Å². The van der Waals surface area contributed by atoms with Crippen molar-refractivity contribution in [3.8, 4) is 0 Å². The highest BCUT2D eigenvalue weighted by Gasteiger charge is 2.69. The highest BCUT2D eigenvalue weighted by atomic mass is 19.4. The van der Waals surface area contributed by atoms with Crippen LogP contribution in [-0.4, -0.2) is 42.9 Å². The number of halogens is 9. The Kier molecular flexibility index (Phi) is 6.45. The monoisotopic (exact) mass is 364 g/mol. The zero-order chi connectivity index (χ0) is 18.9. The first-order valence-corrected chi connectivity index (χ1v) is 6.33. The normalized spacial score (nSPS) is 16.6. The predicted octanol–water partition coefficient (Wildman–Crippen LogP) is 4.88. The van der Waals surface area contributed by atoms with Crippen LogP contribution in [0.25, 0.3) is 0 Å². The van der Waals surface area contributed by atoms with Gasteiger partial charge in [0.2, 0.25) is 0 Å². The highest BCUT2D eigenvalue weighted by Crippen LogP contribution is 2.45. The van der Waals surface area contributed by atoms with Gasteiger partial charge in [0.05, 0.1) is 13.2 Å². The van der Waals surface area contributed by atoms with E-state index >= 15 is 0 Å². The number of hydrogen-bond donors (Lipinski definition) is 0. The molecule has 0 saturated carbocycles. The van der Waals surface area contributed by atoms with E-state index in [1.54, 1.807) is 0 Å². The first kappa shape index (κ1) is 22.3. The van der Waals surface area contributed by atoms with Crippen molar-refractivity contribution < 1.29 is 49.0 Å². The minimum absolute atomic E-state index is 0.180. The van der Waals surface area contributed by atoms with Gasteiger partial charge in [0, 0.05) is 5.92 Å². The summed E-state index contributed by atoms with van der Waals surface area (Å²) in [4.78, 5) is 0. The summed E-state index contributed by atoms with van der Waals surface area (Å²) >= 11 is 0. The molecule has 0 bridgehead atoms. The minimum Gasteiger partial charge on any atom is -0.366 e. The lowest BCUT2D eigenvalue weighted by Gasteiger charge is -2.35. The fraction of sp³-hybridized carbons (Fsp3) is 1.00. The summed E-state index contributed by atoms with van der Waals surface area (Å²) in [5.74, 6) is -1.12. The van der Waals surface area contributed by atoms with E-state index in [1.165, 1.54) is 0 Å². The van der Waals surface area contributed by atoms with Crippen LogP contribution in [0.15, 0.2) is 0 Å². The van der Waals surface area contributed by atoms with Gasteiger partial charge in [0.15, 0.2) is 5.60 Å². The van der Waals surface area contributed by atoms with E-state index in [4.69, 9.17) is 0 Å². The van der Waals surface area contributed by atoms with Crippen LogP contribution in [0.3, 0.4) is 0 Å². The van der Waals surface area contributed by atoms with Crippen LogP contribution >= 0.6 is 0 Å². The molecule has 0 aromatic heterocycles. The van der Waals surface area contributed by atoms with Gasteiger partial charge in [-0.15, -0.1) is 0 Å². The molecule has 23 heavy (non-hydrogen) atoms. The smallest absolute Gasteiger partial charge is 0.366 e. The largest absolute Gasteiger partial charge is 0.426 e. The summed E-state index contributed by atoms with van der Waals surface area (Å²) in [7, 11) is 0. The molecule has 0 aromatic carbocycles. The standard InChI is InChI=1S/C12H17F9O2/c1-7(5-22-8(2,3)10(13,14)15)6-23-9(4,11(16,17)18)12(19,20)21/h7H,5-6H2,1-4H3. The topological polar surface area (TPSA) is 18.5 Å². The quantitative estimate of drug-likeness (QED) is 0.626. The molecule has 0 aliphatic rings. The van der Waals surface area contributed by atoms with Gasteiger partial charge in [-0.2, -0.15) is 39.5 Å². The molecule has 0 fully saturated rings. The first-order valence-electron chi connectivity index (χ1n) is 6.33. The van der Waals surface area contributed by atoms with Gasteiger partial charge in [0.25, 0.3) is 5.60 Å². The summed E-state index contributed by atoms with van der Waals surface area (Å²) in [6.07, 6.45) is -16.2. The molecule has 0 aliphatic carbocycles. The van der Waals surface area contributed by atoms with Crippen LogP contribution in [0, 0.1) is 5.92 Å². The van der Waals surface area contributed by atoms with Crippen molar-refractivity contribution in [3.63, 3.8) is 0 Å². The van der Waals surface area contributed by atoms with E-state index in [0.717, 1.165) is 6.92 Å². The van der Waals surface area contributed by atoms with E-state index in [-0.39, 0.29) is 6.92 Å². The fourth-order valence-electron chi connectivity index (χ4n) is 1.11. The van der Waals surface area contributed by atoms with Gasteiger partial charge < -0.3 is 9.47 Å². The lowest BCUT2D eigenvalue weighted by molar-refractivity contribution is -0.376. The Labute approximate surface area is 126 Å². The van der Waals surface area contributed by atoms with E-state index in [1.807, 2.05) is 0 Å². The van der Waals surface area contributed by atoms with Gasteiger partial charge in [0.1, 0.15) is 0 Å². The van der Waals surface area contributed by atoms with Crippen molar-refractivity contribution in [3.05, 3.63) is 0 Å². The van der Waals surface area contributed by atoms with Crippen LogP contribution in [0.2, 0.25) is 0 Å². The average molecular weight is 364 g/mol. The van der Waals surface area contributed by atoms with E-state index in [0.29, 0.717) is 13.8 Å². The Morgan fingerprint density at radius 2 is 1.00 bits per heavy atom. The van der Waals surface area contributed by atoms with Gasteiger partial charge in [-0.1, -0.05) is 6.92 Å². The summed E-state index contributed by atoms with van der Waals surface area (Å²) in [5, 5.41) is 0. The van der Waals surface area contributed by atoms with Crippen molar-refractivity contribution in [1.29, 1.82) is 0 Å². The molecule has 0 N–H and O–H groups in total. The third kappa shape index (κ3) is 5.40. The SMILES string of the molecule is CC(COC(C)(C)C(F)(F)F)COC(C)(C(F)(F)F)C(F)(F)F. The Morgan fingerprint density at radius 3 is 1.30 bits per heavy atom. The lowest BCUT2D eigenvalue weighted by Crippen LogP contribution is -2.57. The molecule has 1 atom stereocenters. The number of ether oxygens (including phenoxy) is 2. The second kappa shape index (κ2) is 6.66. The molecule has 0 aliphatic heterocycles. The molecular weight excluding hydrogens is 347 g/mol. The molecule has 0 saturated heterocycles. The van der Waals surface area contributed by atoms with Crippen molar-refractivity contribution in [2.24, 2.45) is 5.92 Å². The molecule has 11 heteroatoms. The summed E-state index contributed by atoms with van der Waals surface area (Å²) < 4.78 is 121. The molecule has 0 radical (unpaired) electrons. The van der Waals surface area contributed by atoms with E-state index in [2.05, 4.69) is 9.47 Å². The lowest BCUT2D eigenvalue weighted by atomic mass is 10.1. The highest BCUT2D eigenvalue weighted by molar-refractivity contribution is 4.91. The van der Waals surface area contributed by atoms with Crippen molar-refractivity contribution in [1.82, 2.24) is 0 Å². The van der Waals surface area contributed by atoms with Crippen LogP contribution in [0.1, 0.15) is 27.7 Å². The second-order valence-corrected chi connectivity index (χ2v) is 5.76. The molecule has 140 valence electrons. The van der Waals surface area contributed by atoms with Crippen molar-refractivity contribution in [2.75, 3.05) is 13.2 Å². The zero-order valence-corrected chi connectivity index (χ0v) is 12.7. The zero-order valence-electron chi connectivity index (χ0n) is 12.7. The third-order valence-electron chi connectivity index (χ3n) is 3.15. The van der Waals surface area contributed by atoms with Crippen LogP contribution < -0.4 is 0 Å². The Hall–Kier alpha value is -0.710. The molecule has 0 heterocycles. The number of alkyl halides is 9. The molecule has 2 nitrogen and oxygen atoms in total. The molecule has 0 aromatic rings. The molecule has 0 rings (SSSR count). The van der Waals surface area contributed by atoms with E-state index < -0.39 is 48.9 Å². The molecular formula is C12H17F9O2. The van der Waals surface area contributed by atoms with Crippen LogP contribution in [-0.2, 0) is 9.47 Å². The third-order valence-corrected chi connectivity index (χ3v) is 3.15.